The van der Waals surface area contributed by atoms with E-state index < -0.39 is 0 Å². The van der Waals surface area contributed by atoms with Crippen LogP contribution in [0.5, 0.6) is 5.75 Å². The smallest absolute Gasteiger partial charge is 0.123 e. The van der Waals surface area contributed by atoms with Crippen molar-refractivity contribution in [2.75, 3.05) is 0 Å². The lowest BCUT2D eigenvalue weighted by Crippen LogP contribution is -1.93. The molecule has 2 nitrogen and oxygen atoms in total. The summed E-state index contributed by atoms with van der Waals surface area (Å²) in [5.41, 5.74) is 7.86. The van der Waals surface area contributed by atoms with Gasteiger partial charge in [0.05, 0.1) is 21.4 Å². The topological polar surface area (TPSA) is 25.2 Å². The van der Waals surface area contributed by atoms with E-state index in [-0.39, 0.29) is 0 Å². The van der Waals surface area contributed by atoms with Gasteiger partial charge in [0.2, 0.25) is 0 Å². The Labute approximate surface area is 229 Å². The van der Waals surface area contributed by atoms with Crippen LogP contribution in [-0.2, 0) is 0 Å². The summed E-state index contributed by atoms with van der Waals surface area (Å²) in [7, 11) is 0. The Kier molecular flexibility index (Phi) is 4.88. The van der Waals surface area contributed by atoms with Crippen LogP contribution < -0.4 is 0 Å². The van der Waals surface area contributed by atoms with Gasteiger partial charge in [-0.05, 0) is 47.0 Å². The van der Waals surface area contributed by atoms with Crippen molar-refractivity contribution in [3.05, 3.63) is 133 Å². The fourth-order valence-electron chi connectivity index (χ4n) is 5.96. The maximum absolute atomic E-state index is 10.5. The molecular weight excluding hydrogens is 494 g/mol. The molecule has 3 heteroatoms. The second-order valence-electron chi connectivity index (χ2n) is 9.91. The zero-order valence-corrected chi connectivity index (χ0v) is 21.8. The summed E-state index contributed by atoms with van der Waals surface area (Å²) in [6.45, 7) is 0. The second-order valence-corrected chi connectivity index (χ2v) is 10.9. The molecule has 2 heterocycles. The molecule has 0 atom stereocenters. The first-order valence-corrected chi connectivity index (χ1v) is 13.9. The number of rotatable bonds is 3. The number of para-hydroxylation sites is 3. The van der Waals surface area contributed by atoms with Gasteiger partial charge < -0.3 is 9.67 Å². The minimum Gasteiger partial charge on any atom is -0.507 e. The third-order valence-corrected chi connectivity index (χ3v) is 8.99. The Bertz CT molecular complexity index is 2150. The number of fused-ring (bicyclic) bond motifs is 6. The number of nitrogens with zero attached hydrogens (tertiary/aromatic N) is 1. The molecule has 8 rings (SSSR count). The van der Waals surface area contributed by atoms with Gasteiger partial charge in [0, 0.05) is 31.8 Å². The standard InChI is InChI=1S/C36H23NOS/c38-34-21-6-3-12-25(34)23-10-7-11-24(22-23)26-15-8-16-29-30-17-9-20-33(36(30)39-35(26)29)37-31-18-4-1-13-27(31)28-14-2-5-19-32(28)37/h1-22,38H. The Morgan fingerprint density at radius 2 is 1.00 bits per heavy atom. The quantitative estimate of drug-likeness (QED) is 0.248. The predicted octanol–water partition coefficient (Wildman–Crippen LogP) is 10.2. The molecule has 0 spiro atoms. The van der Waals surface area contributed by atoms with E-state index in [9.17, 15) is 5.11 Å². The monoisotopic (exact) mass is 517 g/mol. The minimum absolute atomic E-state index is 0.297. The zero-order chi connectivity index (χ0) is 25.9. The van der Waals surface area contributed by atoms with Crippen molar-refractivity contribution in [2.24, 2.45) is 0 Å². The summed E-state index contributed by atoms with van der Waals surface area (Å²) in [5.74, 6) is 0.297. The summed E-state index contributed by atoms with van der Waals surface area (Å²) in [6, 6.07) is 46.6. The van der Waals surface area contributed by atoms with Crippen LogP contribution in [0, 0.1) is 0 Å². The number of hydrogen-bond donors (Lipinski definition) is 1. The molecule has 2 aromatic heterocycles. The van der Waals surface area contributed by atoms with Gasteiger partial charge in [-0.15, -0.1) is 11.3 Å². The molecule has 1 N–H and O–H groups in total. The van der Waals surface area contributed by atoms with Crippen LogP contribution in [0.2, 0.25) is 0 Å². The van der Waals surface area contributed by atoms with Gasteiger partial charge in [0.15, 0.2) is 0 Å². The highest BCUT2D eigenvalue weighted by Gasteiger charge is 2.17. The van der Waals surface area contributed by atoms with E-state index in [4.69, 9.17) is 0 Å². The molecule has 6 aromatic carbocycles. The fraction of sp³-hybridized carbons (Fsp3) is 0. The molecule has 39 heavy (non-hydrogen) atoms. The van der Waals surface area contributed by atoms with E-state index in [1.165, 1.54) is 53.2 Å². The summed E-state index contributed by atoms with van der Waals surface area (Å²) in [6.07, 6.45) is 0. The number of benzene rings is 6. The first-order chi connectivity index (χ1) is 19.3. The van der Waals surface area contributed by atoms with Crippen molar-refractivity contribution in [3.8, 4) is 33.7 Å². The highest BCUT2D eigenvalue weighted by Crippen LogP contribution is 2.44. The number of aromatic nitrogens is 1. The van der Waals surface area contributed by atoms with Crippen molar-refractivity contribution in [2.45, 2.75) is 0 Å². The molecule has 0 bridgehead atoms. The summed E-state index contributed by atoms with van der Waals surface area (Å²) in [4.78, 5) is 0. The summed E-state index contributed by atoms with van der Waals surface area (Å²) < 4.78 is 4.97. The van der Waals surface area contributed by atoms with Crippen LogP contribution in [0.25, 0.3) is 69.9 Å². The molecule has 0 radical (unpaired) electrons. The summed E-state index contributed by atoms with van der Waals surface area (Å²) in [5, 5.41) is 15.5. The van der Waals surface area contributed by atoms with Gasteiger partial charge in [-0.3, -0.25) is 0 Å². The Hall–Kier alpha value is -4.86. The molecule has 0 unspecified atom stereocenters. The maximum Gasteiger partial charge on any atom is 0.123 e. The minimum atomic E-state index is 0.297. The molecule has 0 aliphatic heterocycles. The summed E-state index contributed by atoms with van der Waals surface area (Å²) >= 11 is 1.86. The lowest BCUT2D eigenvalue weighted by atomic mass is 9.97. The van der Waals surface area contributed by atoms with Crippen LogP contribution in [0.1, 0.15) is 0 Å². The van der Waals surface area contributed by atoms with Crippen molar-refractivity contribution in [1.82, 2.24) is 4.57 Å². The van der Waals surface area contributed by atoms with Gasteiger partial charge in [0.1, 0.15) is 5.75 Å². The maximum atomic E-state index is 10.5. The van der Waals surface area contributed by atoms with Gasteiger partial charge in [-0.2, -0.15) is 0 Å². The van der Waals surface area contributed by atoms with Gasteiger partial charge in [-0.1, -0.05) is 103 Å². The fourth-order valence-corrected chi connectivity index (χ4v) is 7.30. The van der Waals surface area contributed by atoms with Crippen molar-refractivity contribution >= 4 is 53.3 Å². The molecule has 0 saturated carbocycles. The van der Waals surface area contributed by atoms with Crippen molar-refractivity contribution < 1.29 is 5.11 Å². The molecule has 8 aromatic rings. The first-order valence-electron chi connectivity index (χ1n) is 13.1. The molecule has 0 saturated heterocycles. The normalized spacial score (nSPS) is 11.7. The van der Waals surface area contributed by atoms with Crippen molar-refractivity contribution in [1.29, 1.82) is 0 Å². The molecule has 0 aliphatic rings. The van der Waals surface area contributed by atoms with E-state index in [0.717, 1.165) is 16.7 Å². The van der Waals surface area contributed by atoms with Gasteiger partial charge in [0.25, 0.3) is 0 Å². The zero-order valence-electron chi connectivity index (χ0n) is 21.0. The number of aromatic hydroxyl groups is 1. The third kappa shape index (κ3) is 3.34. The van der Waals surface area contributed by atoms with E-state index >= 15 is 0 Å². The number of thiophene rings is 1. The van der Waals surface area contributed by atoms with Crippen LogP contribution in [0.15, 0.2) is 133 Å². The van der Waals surface area contributed by atoms with Crippen LogP contribution in [0.4, 0.5) is 0 Å². The first kappa shape index (κ1) is 22.2. The Morgan fingerprint density at radius 3 is 1.74 bits per heavy atom. The highest BCUT2D eigenvalue weighted by atomic mass is 32.1. The predicted molar refractivity (Wildman–Crippen MR) is 166 cm³/mol. The lowest BCUT2D eigenvalue weighted by molar-refractivity contribution is 0.477. The molecular formula is C36H23NOS. The SMILES string of the molecule is Oc1ccccc1-c1cccc(-c2cccc3c2sc2c(-n4c5ccccc5c5ccccc54)cccc23)c1. The molecule has 0 amide bonds. The Balaban J connectivity index is 1.39. The molecule has 184 valence electrons. The molecule has 0 fully saturated rings. The lowest BCUT2D eigenvalue weighted by Gasteiger charge is -2.09. The van der Waals surface area contributed by atoms with E-state index in [1.54, 1.807) is 6.07 Å². The van der Waals surface area contributed by atoms with E-state index in [0.29, 0.717) is 5.75 Å². The van der Waals surface area contributed by atoms with E-state index in [1.807, 2.05) is 29.5 Å². The average molecular weight is 518 g/mol. The van der Waals surface area contributed by atoms with Gasteiger partial charge in [-0.25, -0.2) is 0 Å². The number of phenolic OH excluding ortho intramolecular Hbond substituents is 1. The van der Waals surface area contributed by atoms with Crippen LogP contribution >= 0.6 is 11.3 Å². The van der Waals surface area contributed by atoms with E-state index in [2.05, 4.69) is 114 Å². The average Bonchev–Trinajstić information content (AvgIpc) is 3.54. The number of hydrogen-bond acceptors (Lipinski definition) is 2. The number of phenols is 1. The third-order valence-electron chi connectivity index (χ3n) is 7.71. The van der Waals surface area contributed by atoms with Crippen molar-refractivity contribution in [3.63, 3.8) is 0 Å². The second kappa shape index (κ2) is 8.59. The van der Waals surface area contributed by atoms with Crippen LogP contribution in [0.3, 0.4) is 0 Å². The highest BCUT2D eigenvalue weighted by molar-refractivity contribution is 7.26. The molecule has 0 aliphatic carbocycles. The van der Waals surface area contributed by atoms with Crippen LogP contribution in [-0.4, -0.2) is 9.67 Å². The largest absolute Gasteiger partial charge is 0.507 e. The Morgan fingerprint density at radius 1 is 0.462 bits per heavy atom. The van der Waals surface area contributed by atoms with Gasteiger partial charge >= 0.3 is 0 Å².